The van der Waals surface area contributed by atoms with E-state index in [1.54, 1.807) is 0 Å². The zero-order valence-electron chi connectivity index (χ0n) is 8.55. The number of allylic oxidation sites excluding steroid dienone is 5. The van der Waals surface area contributed by atoms with Crippen LogP contribution in [0, 0.1) is 0 Å². The molecule has 0 heterocycles. The van der Waals surface area contributed by atoms with Crippen LogP contribution < -0.4 is 0 Å². The van der Waals surface area contributed by atoms with E-state index >= 15 is 0 Å². The summed E-state index contributed by atoms with van der Waals surface area (Å²) in [5.41, 5.74) is 2.47. The monoisotopic (exact) mass is 178 g/mol. The van der Waals surface area contributed by atoms with Gasteiger partial charge in [0.1, 0.15) is 6.29 Å². The van der Waals surface area contributed by atoms with Crippen LogP contribution in [0.15, 0.2) is 36.0 Å². The molecule has 0 rings (SSSR count). The van der Waals surface area contributed by atoms with Crippen LogP contribution in [0.25, 0.3) is 0 Å². The molecule has 0 aliphatic carbocycles. The Morgan fingerprint density at radius 1 is 1.31 bits per heavy atom. The van der Waals surface area contributed by atoms with Crippen molar-refractivity contribution < 1.29 is 4.79 Å². The molecule has 0 N–H and O–H groups in total. The van der Waals surface area contributed by atoms with Gasteiger partial charge in [0.25, 0.3) is 0 Å². The predicted molar refractivity (Wildman–Crippen MR) is 57.6 cm³/mol. The van der Waals surface area contributed by atoms with Gasteiger partial charge >= 0.3 is 0 Å². The van der Waals surface area contributed by atoms with Crippen molar-refractivity contribution in [2.75, 3.05) is 0 Å². The van der Waals surface area contributed by atoms with Gasteiger partial charge in [-0.3, -0.25) is 0 Å². The molecule has 0 bridgehead atoms. The highest BCUT2D eigenvalue weighted by Crippen LogP contribution is 2.05. The molecule has 0 aliphatic rings. The van der Waals surface area contributed by atoms with Gasteiger partial charge in [0.05, 0.1) is 0 Å². The number of rotatable bonds is 6. The third-order valence-corrected chi connectivity index (χ3v) is 1.88. The van der Waals surface area contributed by atoms with E-state index in [4.69, 9.17) is 0 Å². The molecule has 0 aliphatic heterocycles. The number of hydrogen-bond donors (Lipinski definition) is 0. The fraction of sp³-hybridized carbons (Fsp3) is 0.417. The SMILES string of the molecule is C=C/C(C)=C/C/C=C(\C)CCC=O. The quantitative estimate of drug-likeness (QED) is 0.346. The first kappa shape index (κ1) is 11.9. The first-order chi connectivity index (χ1) is 6.20. The van der Waals surface area contributed by atoms with Crippen molar-refractivity contribution >= 4 is 6.29 Å². The first-order valence-electron chi connectivity index (χ1n) is 4.59. The average molecular weight is 178 g/mol. The molecule has 0 aromatic rings. The van der Waals surface area contributed by atoms with Crippen molar-refractivity contribution in [1.29, 1.82) is 0 Å². The van der Waals surface area contributed by atoms with Crippen LogP contribution in [-0.2, 0) is 4.79 Å². The van der Waals surface area contributed by atoms with Crippen molar-refractivity contribution in [2.24, 2.45) is 0 Å². The fourth-order valence-corrected chi connectivity index (χ4v) is 0.918. The summed E-state index contributed by atoms with van der Waals surface area (Å²) in [7, 11) is 0. The summed E-state index contributed by atoms with van der Waals surface area (Å²) in [5, 5.41) is 0. The topological polar surface area (TPSA) is 17.1 Å². The van der Waals surface area contributed by atoms with E-state index in [-0.39, 0.29) is 0 Å². The predicted octanol–water partition coefficient (Wildman–Crippen LogP) is 3.43. The van der Waals surface area contributed by atoms with E-state index in [1.165, 1.54) is 11.1 Å². The second-order valence-electron chi connectivity index (χ2n) is 3.14. The van der Waals surface area contributed by atoms with Crippen molar-refractivity contribution in [3.05, 3.63) is 36.0 Å². The van der Waals surface area contributed by atoms with Gasteiger partial charge < -0.3 is 4.79 Å². The molecule has 0 radical (unpaired) electrons. The highest BCUT2D eigenvalue weighted by molar-refractivity contribution is 5.49. The summed E-state index contributed by atoms with van der Waals surface area (Å²) < 4.78 is 0. The maximum Gasteiger partial charge on any atom is 0.120 e. The molecule has 0 fully saturated rings. The molecular formula is C12H18O. The Morgan fingerprint density at radius 3 is 2.54 bits per heavy atom. The second kappa shape index (κ2) is 7.53. The largest absolute Gasteiger partial charge is 0.303 e. The number of aldehydes is 1. The van der Waals surface area contributed by atoms with Gasteiger partial charge in [-0.2, -0.15) is 0 Å². The van der Waals surface area contributed by atoms with Gasteiger partial charge in [0.2, 0.25) is 0 Å². The van der Waals surface area contributed by atoms with E-state index in [2.05, 4.69) is 25.7 Å². The molecule has 0 amide bonds. The number of hydrogen-bond acceptors (Lipinski definition) is 1. The molecule has 0 spiro atoms. The molecule has 0 unspecified atom stereocenters. The maximum atomic E-state index is 10.1. The van der Waals surface area contributed by atoms with Crippen LogP contribution in [0.4, 0.5) is 0 Å². The van der Waals surface area contributed by atoms with Gasteiger partial charge in [-0.25, -0.2) is 0 Å². The lowest BCUT2D eigenvalue weighted by Crippen LogP contribution is -1.79. The van der Waals surface area contributed by atoms with Crippen molar-refractivity contribution in [1.82, 2.24) is 0 Å². The summed E-state index contributed by atoms with van der Waals surface area (Å²) in [4.78, 5) is 10.1. The molecule has 72 valence electrons. The molecule has 0 saturated heterocycles. The van der Waals surface area contributed by atoms with E-state index in [1.807, 2.05) is 13.0 Å². The Balaban J connectivity index is 3.82. The van der Waals surface area contributed by atoms with Crippen LogP contribution in [0.1, 0.15) is 33.1 Å². The molecule has 13 heavy (non-hydrogen) atoms. The zero-order chi connectivity index (χ0) is 10.1. The minimum Gasteiger partial charge on any atom is -0.303 e. The molecule has 0 aromatic carbocycles. The highest BCUT2D eigenvalue weighted by Gasteiger charge is 1.87. The summed E-state index contributed by atoms with van der Waals surface area (Å²) in [5.74, 6) is 0. The fourth-order valence-electron chi connectivity index (χ4n) is 0.918. The molecule has 0 saturated carbocycles. The van der Waals surface area contributed by atoms with Crippen molar-refractivity contribution in [3.8, 4) is 0 Å². The van der Waals surface area contributed by atoms with Crippen LogP contribution >= 0.6 is 0 Å². The van der Waals surface area contributed by atoms with Crippen molar-refractivity contribution in [2.45, 2.75) is 33.1 Å². The molecule has 0 atom stereocenters. The average Bonchev–Trinajstić information content (AvgIpc) is 2.14. The Labute approximate surface area is 80.8 Å². The van der Waals surface area contributed by atoms with Gasteiger partial charge in [0.15, 0.2) is 0 Å². The Morgan fingerprint density at radius 2 is 2.00 bits per heavy atom. The van der Waals surface area contributed by atoms with E-state index in [0.29, 0.717) is 6.42 Å². The number of carbonyl (C=O) groups excluding carboxylic acids is 1. The Kier molecular flexibility index (Phi) is 6.89. The third-order valence-electron chi connectivity index (χ3n) is 1.88. The molecule has 1 nitrogen and oxygen atoms in total. The van der Waals surface area contributed by atoms with Gasteiger partial charge in [-0.1, -0.05) is 36.0 Å². The van der Waals surface area contributed by atoms with Crippen LogP contribution in [-0.4, -0.2) is 6.29 Å². The normalized spacial score (nSPS) is 12.8. The smallest absolute Gasteiger partial charge is 0.120 e. The summed E-state index contributed by atoms with van der Waals surface area (Å²) in [6.45, 7) is 7.76. The zero-order valence-corrected chi connectivity index (χ0v) is 8.55. The minimum atomic E-state index is 0.631. The van der Waals surface area contributed by atoms with Crippen LogP contribution in [0.2, 0.25) is 0 Å². The minimum absolute atomic E-state index is 0.631. The van der Waals surface area contributed by atoms with Crippen molar-refractivity contribution in [3.63, 3.8) is 0 Å². The lowest BCUT2D eigenvalue weighted by molar-refractivity contribution is -0.107. The van der Waals surface area contributed by atoms with E-state index in [9.17, 15) is 4.79 Å². The molecular weight excluding hydrogens is 160 g/mol. The van der Waals surface area contributed by atoms with E-state index < -0.39 is 0 Å². The van der Waals surface area contributed by atoms with Gasteiger partial charge in [0, 0.05) is 6.42 Å². The van der Waals surface area contributed by atoms with Gasteiger partial charge in [-0.05, 0) is 26.7 Å². The third kappa shape index (κ3) is 7.26. The lowest BCUT2D eigenvalue weighted by Gasteiger charge is -1.95. The second-order valence-corrected chi connectivity index (χ2v) is 3.14. The van der Waals surface area contributed by atoms with Gasteiger partial charge in [-0.15, -0.1) is 0 Å². The van der Waals surface area contributed by atoms with Crippen LogP contribution in [0.3, 0.4) is 0 Å². The van der Waals surface area contributed by atoms with Crippen LogP contribution in [0.5, 0.6) is 0 Å². The summed E-state index contributed by atoms with van der Waals surface area (Å²) in [6, 6.07) is 0. The molecule has 1 heteroatoms. The maximum absolute atomic E-state index is 10.1. The lowest BCUT2D eigenvalue weighted by atomic mass is 10.1. The first-order valence-corrected chi connectivity index (χ1v) is 4.59. The van der Waals surface area contributed by atoms with E-state index in [0.717, 1.165) is 19.1 Å². The number of carbonyl (C=O) groups is 1. The molecule has 0 aromatic heterocycles. The highest BCUT2D eigenvalue weighted by atomic mass is 16.1. The Hall–Kier alpha value is -1.11. The Bertz CT molecular complexity index is 221. The summed E-state index contributed by atoms with van der Waals surface area (Å²) >= 11 is 0. The standard InChI is InChI=1S/C12H18O/c1-4-11(2)7-5-8-12(3)9-6-10-13/h4,7-8,10H,1,5-6,9H2,2-3H3/b11-7+,12-8+. The summed E-state index contributed by atoms with van der Waals surface area (Å²) in [6.07, 6.45) is 9.52.